The Morgan fingerprint density at radius 3 is 2.95 bits per heavy atom. The lowest BCUT2D eigenvalue weighted by atomic mass is 10.1. The highest BCUT2D eigenvalue weighted by molar-refractivity contribution is 6.33. The molecule has 20 heavy (non-hydrogen) atoms. The molecular weight excluding hydrogens is 270 g/mol. The van der Waals surface area contributed by atoms with Gasteiger partial charge in [-0.2, -0.15) is 0 Å². The maximum absolute atomic E-state index is 6.43. The molecule has 2 aromatic rings. The molecule has 1 fully saturated rings. The summed E-state index contributed by atoms with van der Waals surface area (Å²) in [5.41, 5.74) is 9.07. The minimum atomic E-state index is 0.366. The van der Waals surface area contributed by atoms with Crippen LogP contribution in [0, 0.1) is 0 Å². The summed E-state index contributed by atoms with van der Waals surface area (Å²) in [5.74, 6) is 0. The molecule has 104 valence electrons. The van der Waals surface area contributed by atoms with E-state index < -0.39 is 0 Å². The highest BCUT2D eigenvalue weighted by atomic mass is 35.5. The summed E-state index contributed by atoms with van der Waals surface area (Å²) in [6, 6.07) is 10.6. The number of nitrogens with two attached hydrogens (primary N) is 1. The summed E-state index contributed by atoms with van der Waals surface area (Å²) in [6.07, 6.45) is 6.08. The summed E-state index contributed by atoms with van der Waals surface area (Å²) in [4.78, 5) is 6.61. The molecule has 3 rings (SSSR count). The Bertz CT molecular complexity index is 586. The van der Waals surface area contributed by atoms with Crippen LogP contribution in [0.3, 0.4) is 0 Å². The number of benzene rings is 1. The third-order valence-electron chi connectivity index (χ3n) is 3.88. The molecule has 0 spiro atoms. The molecular formula is C16H18ClN3. The van der Waals surface area contributed by atoms with E-state index >= 15 is 0 Å². The molecule has 0 aliphatic carbocycles. The van der Waals surface area contributed by atoms with Gasteiger partial charge < -0.3 is 10.6 Å². The van der Waals surface area contributed by atoms with E-state index in [-0.39, 0.29) is 0 Å². The van der Waals surface area contributed by atoms with Crippen LogP contribution in [-0.4, -0.2) is 11.5 Å². The number of halogens is 1. The van der Waals surface area contributed by atoms with Gasteiger partial charge in [0.1, 0.15) is 0 Å². The molecule has 3 nitrogen and oxygen atoms in total. The maximum Gasteiger partial charge on any atom is 0.0642 e. The second kappa shape index (κ2) is 5.81. The number of anilines is 1. The highest BCUT2D eigenvalue weighted by Crippen LogP contribution is 2.39. The lowest BCUT2D eigenvalue weighted by Gasteiger charge is -2.28. The van der Waals surface area contributed by atoms with Gasteiger partial charge in [-0.05, 0) is 42.2 Å². The van der Waals surface area contributed by atoms with Gasteiger partial charge in [0.25, 0.3) is 0 Å². The minimum absolute atomic E-state index is 0.366. The Kier molecular flexibility index (Phi) is 3.90. The molecule has 2 N–H and O–H groups in total. The monoisotopic (exact) mass is 287 g/mol. The molecule has 1 aromatic heterocycles. The van der Waals surface area contributed by atoms with Crippen molar-refractivity contribution in [3.8, 4) is 0 Å². The van der Waals surface area contributed by atoms with E-state index in [1.807, 2.05) is 24.5 Å². The van der Waals surface area contributed by atoms with Gasteiger partial charge in [-0.1, -0.05) is 23.7 Å². The SMILES string of the molecule is NCc1ccc(N2CCCC2c2cccnc2)c(Cl)c1. The summed E-state index contributed by atoms with van der Waals surface area (Å²) >= 11 is 6.43. The van der Waals surface area contributed by atoms with Gasteiger partial charge in [-0.15, -0.1) is 0 Å². The van der Waals surface area contributed by atoms with Crippen LogP contribution >= 0.6 is 11.6 Å². The zero-order valence-electron chi connectivity index (χ0n) is 11.3. The minimum Gasteiger partial charge on any atom is -0.363 e. The highest BCUT2D eigenvalue weighted by Gasteiger charge is 2.27. The Balaban J connectivity index is 1.93. The molecule has 1 aliphatic heterocycles. The van der Waals surface area contributed by atoms with E-state index in [0.29, 0.717) is 12.6 Å². The lowest BCUT2D eigenvalue weighted by molar-refractivity contribution is 0.715. The number of pyridine rings is 1. The third kappa shape index (κ3) is 2.51. The predicted molar refractivity (Wildman–Crippen MR) is 82.9 cm³/mol. The topological polar surface area (TPSA) is 42.1 Å². The van der Waals surface area contributed by atoms with E-state index in [1.54, 1.807) is 0 Å². The van der Waals surface area contributed by atoms with Crippen LogP contribution in [0.5, 0.6) is 0 Å². The normalized spacial score (nSPS) is 18.5. The standard InChI is InChI=1S/C16H18ClN3/c17-14-9-12(10-18)5-6-16(14)20-8-2-4-15(20)13-3-1-7-19-11-13/h1,3,5-7,9,11,15H,2,4,8,10,18H2. The van der Waals surface area contributed by atoms with E-state index in [2.05, 4.69) is 28.1 Å². The maximum atomic E-state index is 6.43. The van der Waals surface area contributed by atoms with Gasteiger partial charge in [-0.25, -0.2) is 0 Å². The lowest BCUT2D eigenvalue weighted by Crippen LogP contribution is -2.23. The fourth-order valence-corrected chi connectivity index (χ4v) is 3.20. The van der Waals surface area contributed by atoms with Crippen molar-refractivity contribution < 1.29 is 0 Å². The zero-order chi connectivity index (χ0) is 13.9. The molecule has 0 bridgehead atoms. The first-order valence-electron chi connectivity index (χ1n) is 6.94. The molecule has 1 saturated heterocycles. The van der Waals surface area contributed by atoms with Crippen molar-refractivity contribution in [1.29, 1.82) is 0 Å². The van der Waals surface area contributed by atoms with Crippen molar-refractivity contribution in [1.82, 2.24) is 4.98 Å². The summed E-state index contributed by atoms with van der Waals surface area (Å²) in [5, 5.41) is 0.781. The van der Waals surface area contributed by atoms with Gasteiger partial charge in [0.15, 0.2) is 0 Å². The average Bonchev–Trinajstić information content (AvgIpc) is 2.97. The quantitative estimate of drug-likeness (QED) is 0.939. The van der Waals surface area contributed by atoms with Gasteiger partial charge in [-0.3, -0.25) is 4.98 Å². The molecule has 1 aromatic carbocycles. The molecule has 0 radical (unpaired) electrons. The summed E-state index contributed by atoms with van der Waals surface area (Å²) in [7, 11) is 0. The van der Waals surface area contributed by atoms with E-state index in [9.17, 15) is 0 Å². The molecule has 0 amide bonds. The van der Waals surface area contributed by atoms with Crippen molar-refractivity contribution in [2.75, 3.05) is 11.4 Å². The number of hydrogen-bond donors (Lipinski definition) is 1. The first kappa shape index (κ1) is 13.4. The van der Waals surface area contributed by atoms with Crippen molar-refractivity contribution >= 4 is 17.3 Å². The second-order valence-electron chi connectivity index (χ2n) is 5.13. The Morgan fingerprint density at radius 1 is 1.35 bits per heavy atom. The van der Waals surface area contributed by atoms with Crippen LogP contribution in [0.15, 0.2) is 42.7 Å². The van der Waals surface area contributed by atoms with Crippen LogP contribution in [0.4, 0.5) is 5.69 Å². The number of nitrogens with zero attached hydrogens (tertiary/aromatic N) is 2. The smallest absolute Gasteiger partial charge is 0.0642 e. The van der Waals surface area contributed by atoms with Crippen LogP contribution in [-0.2, 0) is 6.54 Å². The second-order valence-corrected chi connectivity index (χ2v) is 5.53. The van der Waals surface area contributed by atoms with Crippen LogP contribution in [0.2, 0.25) is 5.02 Å². The number of rotatable bonds is 3. The zero-order valence-corrected chi connectivity index (χ0v) is 12.1. The van der Waals surface area contributed by atoms with Crippen LogP contribution in [0.1, 0.15) is 30.0 Å². The van der Waals surface area contributed by atoms with E-state index in [4.69, 9.17) is 17.3 Å². The molecule has 2 heterocycles. The fourth-order valence-electron chi connectivity index (χ4n) is 2.88. The van der Waals surface area contributed by atoms with E-state index in [0.717, 1.165) is 29.2 Å². The molecule has 1 unspecified atom stereocenters. The van der Waals surface area contributed by atoms with Crippen molar-refractivity contribution in [3.63, 3.8) is 0 Å². The van der Waals surface area contributed by atoms with Gasteiger partial charge in [0.05, 0.1) is 16.8 Å². The van der Waals surface area contributed by atoms with Crippen molar-refractivity contribution in [2.45, 2.75) is 25.4 Å². The van der Waals surface area contributed by atoms with Gasteiger partial charge >= 0.3 is 0 Å². The molecule has 0 saturated carbocycles. The number of hydrogen-bond acceptors (Lipinski definition) is 3. The van der Waals surface area contributed by atoms with Crippen LogP contribution in [0.25, 0.3) is 0 Å². The largest absolute Gasteiger partial charge is 0.363 e. The van der Waals surface area contributed by atoms with Crippen molar-refractivity contribution in [3.05, 3.63) is 58.9 Å². The third-order valence-corrected chi connectivity index (χ3v) is 4.18. The van der Waals surface area contributed by atoms with E-state index in [1.165, 1.54) is 12.0 Å². The Labute approximate surface area is 124 Å². The fraction of sp³-hybridized carbons (Fsp3) is 0.312. The number of aromatic nitrogens is 1. The average molecular weight is 288 g/mol. The van der Waals surface area contributed by atoms with Crippen molar-refractivity contribution in [2.24, 2.45) is 5.73 Å². The molecule has 1 aliphatic rings. The first-order chi connectivity index (χ1) is 9.79. The molecule has 1 atom stereocenters. The van der Waals surface area contributed by atoms with Crippen LogP contribution < -0.4 is 10.6 Å². The Hall–Kier alpha value is -1.58. The predicted octanol–water partition coefficient (Wildman–Crippen LogP) is 3.54. The first-order valence-corrected chi connectivity index (χ1v) is 7.32. The summed E-state index contributed by atoms with van der Waals surface area (Å²) < 4.78 is 0. The summed E-state index contributed by atoms with van der Waals surface area (Å²) in [6.45, 7) is 1.55. The molecule has 4 heteroatoms. The Morgan fingerprint density at radius 2 is 2.25 bits per heavy atom. The van der Waals surface area contributed by atoms with Gasteiger partial charge in [0.2, 0.25) is 0 Å². The van der Waals surface area contributed by atoms with Gasteiger partial charge in [0, 0.05) is 25.5 Å².